The molecule has 1 aliphatic rings. The average Bonchev–Trinajstić information content (AvgIpc) is 2.43. The second-order valence-electron chi connectivity index (χ2n) is 6.38. The molecule has 0 unspecified atom stereocenters. The van der Waals surface area contributed by atoms with Gasteiger partial charge in [0.1, 0.15) is 11.6 Å². The number of hydrogen-bond donors (Lipinski definition) is 1. The summed E-state index contributed by atoms with van der Waals surface area (Å²) in [4.78, 5) is 25.8. The van der Waals surface area contributed by atoms with Gasteiger partial charge in [0.15, 0.2) is 0 Å². The zero-order valence-corrected chi connectivity index (χ0v) is 13.4. The molecule has 0 saturated heterocycles. The van der Waals surface area contributed by atoms with Crippen molar-refractivity contribution in [2.45, 2.75) is 45.4 Å². The number of nitrogens with two attached hydrogens (primary N) is 1. The summed E-state index contributed by atoms with van der Waals surface area (Å²) in [5, 5.41) is 0. The molecule has 0 saturated carbocycles. The third kappa shape index (κ3) is 3.50. The van der Waals surface area contributed by atoms with Crippen LogP contribution in [0.2, 0.25) is 0 Å². The lowest BCUT2D eigenvalue weighted by Crippen LogP contribution is -2.50. The normalized spacial score (nSPS) is 17.6. The molecule has 0 aliphatic carbocycles. The fraction of sp³-hybridized carbons (Fsp3) is 0.500. The fourth-order valence-electron chi connectivity index (χ4n) is 2.46. The number of fused-ring (bicyclic) bond motifs is 1. The molecule has 1 aliphatic heterocycles. The fourth-order valence-corrected chi connectivity index (χ4v) is 2.46. The Morgan fingerprint density at radius 3 is 2.55 bits per heavy atom. The number of nitrogen functional groups attached to an aromatic ring is 1. The molecular weight excluding hydrogens is 284 g/mol. The Labute approximate surface area is 130 Å². The van der Waals surface area contributed by atoms with Crippen LogP contribution in [0.25, 0.3) is 0 Å². The van der Waals surface area contributed by atoms with Crippen molar-refractivity contribution in [2.75, 3.05) is 12.8 Å². The summed E-state index contributed by atoms with van der Waals surface area (Å²) in [5.41, 5.74) is 7.71. The van der Waals surface area contributed by atoms with E-state index in [1.807, 2.05) is 12.1 Å². The van der Waals surface area contributed by atoms with Gasteiger partial charge in [-0.05, 0) is 44.0 Å². The first-order valence-corrected chi connectivity index (χ1v) is 7.16. The molecule has 1 aromatic carbocycles. The van der Waals surface area contributed by atoms with Crippen molar-refractivity contribution in [3.8, 4) is 0 Å². The molecule has 22 heavy (non-hydrogen) atoms. The summed E-state index contributed by atoms with van der Waals surface area (Å²) in [6, 6.07) is 4.81. The molecule has 2 N–H and O–H groups in total. The highest BCUT2D eigenvalue weighted by molar-refractivity contribution is 5.82. The van der Waals surface area contributed by atoms with Gasteiger partial charge in [-0.15, -0.1) is 0 Å². The lowest BCUT2D eigenvalue weighted by Gasteiger charge is -2.36. The van der Waals surface area contributed by atoms with E-state index >= 15 is 0 Å². The number of hydrogen-bond acceptors (Lipinski definition) is 5. The number of amides is 1. The van der Waals surface area contributed by atoms with Gasteiger partial charge in [-0.3, -0.25) is 4.90 Å². The number of ether oxygens (including phenoxy) is 2. The lowest BCUT2D eigenvalue weighted by molar-refractivity contribution is -0.147. The van der Waals surface area contributed by atoms with Crippen molar-refractivity contribution in [3.63, 3.8) is 0 Å². The van der Waals surface area contributed by atoms with Crippen LogP contribution in [-0.4, -0.2) is 35.7 Å². The Morgan fingerprint density at radius 2 is 1.95 bits per heavy atom. The molecule has 1 atom stereocenters. The minimum atomic E-state index is -0.684. The Bertz CT molecular complexity index is 592. The summed E-state index contributed by atoms with van der Waals surface area (Å²) in [6.07, 6.45) is -0.141. The number of esters is 1. The van der Waals surface area contributed by atoms with Crippen molar-refractivity contribution in [3.05, 3.63) is 29.3 Å². The third-order valence-corrected chi connectivity index (χ3v) is 3.46. The summed E-state index contributed by atoms with van der Waals surface area (Å²) in [6.45, 7) is 5.63. The second-order valence-corrected chi connectivity index (χ2v) is 6.38. The molecule has 0 aromatic heterocycles. The number of rotatable bonds is 1. The Balaban J connectivity index is 2.32. The first kappa shape index (κ1) is 16.1. The van der Waals surface area contributed by atoms with Crippen molar-refractivity contribution in [1.29, 1.82) is 0 Å². The van der Waals surface area contributed by atoms with Crippen molar-refractivity contribution in [1.82, 2.24) is 4.90 Å². The first-order chi connectivity index (χ1) is 10.2. The van der Waals surface area contributed by atoms with Crippen LogP contribution in [0.3, 0.4) is 0 Å². The van der Waals surface area contributed by atoms with E-state index in [0.29, 0.717) is 12.1 Å². The number of nitrogens with zero attached hydrogens (tertiary/aromatic N) is 1. The molecule has 0 spiro atoms. The number of benzene rings is 1. The summed E-state index contributed by atoms with van der Waals surface area (Å²) >= 11 is 0. The minimum absolute atomic E-state index is 0.273. The molecule has 1 heterocycles. The predicted octanol–water partition coefficient (Wildman–Crippen LogP) is 2.10. The van der Waals surface area contributed by atoms with E-state index in [9.17, 15) is 9.59 Å². The molecule has 2 rings (SSSR count). The molecule has 1 aromatic rings. The van der Waals surface area contributed by atoms with Crippen LogP contribution < -0.4 is 5.73 Å². The van der Waals surface area contributed by atoms with E-state index in [4.69, 9.17) is 15.2 Å². The van der Waals surface area contributed by atoms with Crippen LogP contribution in [0.15, 0.2) is 18.2 Å². The predicted molar refractivity (Wildman–Crippen MR) is 82.1 cm³/mol. The van der Waals surface area contributed by atoms with Crippen LogP contribution in [0, 0.1) is 0 Å². The van der Waals surface area contributed by atoms with Crippen LogP contribution in [0.4, 0.5) is 10.5 Å². The van der Waals surface area contributed by atoms with E-state index in [1.165, 1.54) is 12.0 Å². The van der Waals surface area contributed by atoms with Gasteiger partial charge in [-0.2, -0.15) is 0 Å². The zero-order valence-electron chi connectivity index (χ0n) is 13.4. The molecule has 6 nitrogen and oxygen atoms in total. The van der Waals surface area contributed by atoms with Crippen molar-refractivity contribution >= 4 is 17.7 Å². The first-order valence-electron chi connectivity index (χ1n) is 7.16. The summed E-state index contributed by atoms with van der Waals surface area (Å²) in [7, 11) is 1.31. The van der Waals surface area contributed by atoms with Crippen LogP contribution >= 0.6 is 0 Å². The van der Waals surface area contributed by atoms with Gasteiger partial charge < -0.3 is 15.2 Å². The van der Waals surface area contributed by atoms with Crippen molar-refractivity contribution < 1.29 is 19.1 Å². The highest BCUT2D eigenvalue weighted by Crippen LogP contribution is 2.27. The number of methoxy groups -OCH3 is 1. The third-order valence-electron chi connectivity index (χ3n) is 3.46. The second kappa shape index (κ2) is 5.87. The van der Waals surface area contributed by atoms with Gasteiger partial charge in [-0.25, -0.2) is 9.59 Å². The highest BCUT2D eigenvalue weighted by atomic mass is 16.6. The smallest absolute Gasteiger partial charge is 0.411 e. The van der Waals surface area contributed by atoms with E-state index in [-0.39, 0.29) is 6.54 Å². The van der Waals surface area contributed by atoms with Gasteiger partial charge in [0, 0.05) is 12.1 Å². The van der Waals surface area contributed by atoms with Gasteiger partial charge in [-0.1, -0.05) is 6.07 Å². The maximum absolute atomic E-state index is 12.4. The maximum atomic E-state index is 12.4. The molecule has 1 amide bonds. The van der Waals surface area contributed by atoms with E-state index in [2.05, 4.69) is 0 Å². The monoisotopic (exact) mass is 306 g/mol. The van der Waals surface area contributed by atoms with Crippen LogP contribution in [0.5, 0.6) is 0 Å². The van der Waals surface area contributed by atoms with Crippen LogP contribution in [-0.2, 0) is 27.2 Å². The van der Waals surface area contributed by atoms with E-state index in [0.717, 1.165) is 11.1 Å². The van der Waals surface area contributed by atoms with Gasteiger partial charge in [0.2, 0.25) is 0 Å². The lowest BCUT2D eigenvalue weighted by atomic mass is 9.94. The molecule has 6 heteroatoms. The Morgan fingerprint density at radius 1 is 1.27 bits per heavy atom. The average molecular weight is 306 g/mol. The Hall–Kier alpha value is -2.24. The zero-order chi connectivity index (χ0) is 16.5. The van der Waals surface area contributed by atoms with Gasteiger partial charge in [0.05, 0.1) is 13.7 Å². The molecular formula is C16H22N2O4. The molecule has 0 bridgehead atoms. The van der Waals surface area contributed by atoms with Crippen molar-refractivity contribution in [2.24, 2.45) is 0 Å². The topological polar surface area (TPSA) is 81.9 Å². The number of carbonyl (C=O) groups excluding carboxylic acids is 2. The molecule has 0 radical (unpaired) electrons. The van der Waals surface area contributed by atoms with Gasteiger partial charge in [0.25, 0.3) is 0 Å². The minimum Gasteiger partial charge on any atom is -0.467 e. The quantitative estimate of drug-likeness (QED) is 0.634. The highest BCUT2D eigenvalue weighted by Gasteiger charge is 2.37. The maximum Gasteiger partial charge on any atom is 0.411 e. The summed E-state index contributed by atoms with van der Waals surface area (Å²) in [5.74, 6) is -0.451. The largest absolute Gasteiger partial charge is 0.467 e. The van der Waals surface area contributed by atoms with E-state index in [1.54, 1.807) is 26.8 Å². The summed E-state index contributed by atoms with van der Waals surface area (Å²) < 4.78 is 10.2. The van der Waals surface area contributed by atoms with Gasteiger partial charge >= 0.3 is 12.1 Å². The molecule has 0 fully saturated rings. The number of carbonyl (C=O) groups is 2. The SMILES string of the molecule is COC(=O)[C@@H]1Cc2ccc(N)cc2CN1C(=O)OC(C)(C)C. The standard InChI is InChI=1S/C16H22N2O4/c1-16(2,3)22-15(20)18-9-11-7-12(17)6-5-10(11)8-13(18)14(19)21-4/h5-7,13H,8-9,17H2,1-4H3/t13-/m0/s1. The van der Waals surface area contributed by atoms with E-state index < -0.39 is 23.7 Å². The van der Waals surface area contributed by atoms with Crippen LogP contribution in [0.1, 0.15) is 31.9 Å². The molecule has 120 valence electrons. The number of anilines is 1. The Kier molecular flexibility index (Phi) is 4.30.